The summed E-state index contributed by atoms with van der Waals surface area (Å²) in [6.45, 7) is 0. The topological polar surface area (TPSA) is 77.6 Å². The number of hydrogen-bond donors (Lipinski definition) is 0. The van der Waals surface area contributed by atoms with Crippen molar-refractivity contribution in [1.29, 1.82) is 0 Å². The van der Waals surface area contributed by atoms with Crippen LogP contribution in [0.5, 0.6) is 0 Å². The molecule has 6 nitrogen and oxygen atoms in total. The van der Waals surface area contributed by atoms with Crippen LogP contribution in [-0.4, -0.2) is 24.9 Å². The smallest absolute Gasteiger partial charge is 0.164 e. The van der Waals surface area contributed by atoms with Crippen molar-refractivity contribution in [1.82, 2.24) is 24.9 Å². The van der Waals surface area contributed by atoms with Crippen LogP contribution in [-0.2, 0) is 0 Å². The number of hydrogen-bond acceptors (Lipinski definition) is 6. The van der Waals surface area contributed by atoms with Gasteiger partial charge in [0, 0.05) is 44.6 Å². The number of nitrogens with zero attached hydrogens (tertiary/aromatic N) is 5. The maximum Gasteiger partial charge on any atom is 0.164 e. The summed E-state index contributed by atoms with van der Waals surface area (Å²) >= 11 is 0. The highest BCUT2D eigenvalue weighted by molar-refractivity contribution is 6.14. The van der Waals surface area contributed by atoms with Gasteiger partial charge in [0.2, 0.25) is 0 Å². The molecule has 0 saturated carbocycles. The quantitative estimate of drug-likeness (QED) is 0.161. The van der Waals surface area contributed by atoms with E-state index >= 15 is 0 Å². The highest BCUT2D eigenvalue weighted by atomic mass is 16.3. The molecule has 6 heteroatoms. The molecule has 0 radical (unpaired) electrons. The van der Waals surface area contributed by atoms with Crippen molar-refractivity contribution in [3.05, 3.63) is 200 Å². The zero-order valence-electron chi connectivity index (χ0n) is 31.7. The molecule has 11 rings (SSSR count). The molecule has 0 fully saturated rings. The highest BCUT2D eigenvalue weighted by Gasteiger charge is 2.15. The summed E-state index contributed by atoms with van der Waals surface area (Å²) in [5.74, 6) is 1.88. The Kier molecular flexibility index (Phi) is 8.37. The lowest BCUT2D eigenvalue weighted by molar-refractivity contribution is 0.670. The second-order valence-corrected chi connectivity index (χ2v) is 14.5. The van der Waals surface area contributed by atoms with Gasteiger partial charge in [-0.15, -0.1) is 0 Å². The normalized spacial score (nSPS) is 11.4. The van der Waals surface area contributed by atoms with Gasteiger partial charge in [-0.05, 0) is 63.7 Å². The third kappa shape index (κ3) is 6.49. The Morgan fingerprint density at radius 3 is 1.46 bits per heavy atom. The summed E-state index contributed by atoms with van der Waals surface area (Å²) in [4.78, 5) is 24.5. The van der Waals surface area contributed by atoms with Crippen LogP contribution < -0.4 is 0 Å². The lowest BCUT2D eigenvalue weighted by atomic mass is 9.97. The van der Waals surface area contributed by atoms with Crippen molar-refractivity contribution < 1.29 is 4.42 Å². The van der Waals surface area contributed by atoms with E-state index in [1.165, 1.54) is 5.56 Å². The van der Waals surface area contributed by atoms with Gasteiger partial charge in [-0.3, -0.25) is 9.97 Å². The predicted octanol–water partition coefficient (Wildman–Crippen LogP) is 13.4. The fourth-order valence-electron chi connectivity index (χ4n) is 7.76. The van der Waals surface area contributed by atoms with Crippen LogP contribution in [0.1, 0.15) is 0 Å². The first-order chi connectivity index (χ1) is 29.2. The summed E-state index contributed by atoms with van der Waals surface area (Å²) in [6.07, 6.45) is 3.72. The minimum Gasteiger partial charge on any atom is -0.454 e. The molecule has 11 aromatic rings. The van der Waals surface area contributed by atoms with Gasteiger partial charge < -0.3 is 4.42 Å². The first-order valence-electron chi connectivity index (χ1n) is 19.6. The molecule has 4 aromatic heterocycles. The van der Waals surface area contributed by atoms with E-state index in [1.54, 1.807) is 0 Å². The van der Waals surface area contributed by atoms with E-state index in [2.05, 4.69) is 132 Å². The molecule has 0 spiro atoms. The van der Waals surface area contributed by atoms with Gasteiger partial charge in [0.1, 0.15) is 5.58 Å². The fraction of sp³-hybridized carbons (Fsp3) is 0. The number of pyridine rings is 2. The molecule has 4 heterocycles. The molecule has 0 aliphatic rings. The minimum absolute atomic E-state index is 0.621. The molecule has 276 valence electrons. The molecule has 0 aliphatic heterocycles. The Balaban J connectivity index is 0.897. The Hall–Kier alpha value is -8.09. The van der Waals surface area contributed by atoms with Gasteiger partial charge in [-0.1, -0.05) is 158 Å². The molecule has 7 aromatic carbocycles. The van der Waals surface area contributed by atoms with E-state index in [9.17, 15) is 0 Å². The van der Waals surface area contributed by atoms with Crippen LogP contribution >= 0.6 is 0 Å². The predicted molar refractivity (Wildman–Crippen MR) is 238 cm³/mol. The summed E-state index contributed by atoms with van der Waals surface area (Å²) < 4.78 is 6.28. The first kappa shape index (κ1) is 34.2. The second-order valence-electron chi connectivity index (χ2n) is 14.5. The van der Waals surface area contributed by atoms with Crippen molar-refractivity contribution in [2.75, 3.05) is 0 Å². The molecule has 0 N–H and O–H groups in total. The van der Waals surface area contributed by atoms with E-state index in [0.29, 0.717) is 17.5 Å². The Bertz CT molecular complexity index is 3310. The number of para-hydroxylation sites is 1. The zero-order valence-corrected chi connectivity index (χ0v) is 31.7. The van der Waals surface area contributed by atoms with E-state index in [-0.39, 0.29) is 0 Å². The second kappa shape index (κ2) is 14.4. The molecular weight excluding hydrogens is 723 g/mol. The maximum atomic E-state index is 6.28. The monoisotopic (exact) mass is 755 g/mol. The van der Waals surface area contributed by atoms with Gasteiger partial charge >= 0.3 is 0 Å². The average Bonchev–Trinajstić information content (AvgIpc) is 3.71. The van der Waals surface area contributed by atoms with Crippen molar-refractivity contribution in [3.63, 3.8) is 0 Å². The Labute approximate surface area is 340 Å². The Morgan fingerprint density at radius 2 is 0.780 bits per heavy atom. The van der Waals surface area contributed by atoms with E-state index in [4.69, 9.17) is 24.4 Å². The molecule has 0 saturated heterocycles. The van der Waals surface area contributed by atoms with Crippen LogP contribution in [0.25, 0.3) is 112 Å². The minimum atomic E-state index is 0.621. The van der Waals surface area contributed by atoms with Gasteiger partial charge in [0.15, 0.2) is 23.1 Å². The fourth-order valence-corrected chi connectivity index (χ4v) is 7.76. The number of fused-ring (bicyclic) bond motifs is 5. The molecular formula is C53H33N5O. The third-order valence-electron chi connectivity index (χ3n) is 10.8. The summed E-state index contributed by atoms with van der Waals surface area (Å²) in [5, 5.41) is 2.99. The van der Waals surface area contributed by atoms with Gasteiger partial charge in [-0.25, -0.2) is 15.0 Å². The van der Waals surface area contributed by atoms with Crippen LogP contribution in [0.4, 0.5) is 0 Å². The average molecular weight is 756 g/mol. The maximum absolute atomic E-state index is 6.28. The number of benzene rings is 7. The largest absolute Gasteiger partial charge is 0.454 e. The molecule has 0 unspecified atom stereocenters. The Morgan fingerprint density at radius 1 is 0.305 bits per heavy atom. The number of furan rings is 1. The van der Waals surface area contributed by atoms with Crippen LogP contribution in [0.15, 0.2) is 205 Å². The first-order valence-corrected chi connectivity index (χ1v) is 19.6. The van der Waals surface area contributed by atoms with Gasteiger partial charge in [0.25, 0.3) is 0 Å². The summed E-state index contributed by atoms with van der Waals surface area (Å²) in [5.41, 5.74) is 13.9. The molecule has 0 atom stereocenters. The van der Waals surface area contributed by atoms with Crippen molar-refractivity contribution in [3.8, 4) is 78.8 Å². The van der Waals surface area contributed by atoms with Crippen molar-refractivity contribution >= 4 is 32.8 Å². The standard InChI is InChI=1S/C53H33N5O/c1-3-11-34(12-4-1)35-25-27-39(28-26-35)52-56-51(38-13-5-2-6-14-38)57-53(58-52)43-18-10-16-41(30-43)37-23-21-36(22-24-37)40-15-9-17-42(29-40)48-31-45-46-32-54-47-20-8-7-19-44(47)50(46)59-49(45)33-55-48/h1-33H. The third-order valence-corrected chi connectivity index (χ3v) is 10.8. The molecule has 0 aliphatic carbocycles. The van der Waals surface area contributed by atoms with Gasteiger partial charge in [-0.2, -0.15) is 0 Å². The van der Waals surface area contributed by atoms with Crippen molar-refractivity contribution in [2.45, 2.75) is 0 Å². The van der Waals surface area contributed by atoms with E-state index < -0.39 is 0 Å². The van der Waals surface area contributed by atoms with Crippen molar-refractivity contribution in [2.24, 2.45) is 0 Å². The number of aromatic nitrogens is 5. The zero-order chi connectivity index (χ0) is 39.1. The SMILES string of the molecule is c1ccc(-c2ccc(-c3nc(-c4ccccc4)nc(-c4cccc(-c5ccc(-c6cccc(-c7cc8c(cn7)oc7c9ccccc9ncc87)c6)cc5)c4)n3)cc2)cc1. The molecule has 0 amide bonds. The lowest BCUT2D eigenvalue weighted by Crippen LogP contribution is -2.00. The summed E-state index contributed by atoms with van der Waals surface area (Å²) in [7, 11) is 0. The molecule has 0 bridgehead atoms. The number of rotatable bonds is 7. The van der Waals surface area contributed by atoms with E-state index in [0.717, 1.165) is 88.6 Å². The van der Waals surface area contributed by atoms with Crippen LogP contribution in [0.3, 0.4) is 0 Å². The van der Waals surface area contributed by atoms with Gasteiger partial charge in [0.05, 0.1) is 17.4 Å². The lowest BCUT2D eigenvalue weighted by Gasteiger charge is -2.11. The molecule has 59 heavy (non-hydrogen) atoms. The van der Waals surface area contributed by atoms with E-state index in [1.807, 2.05) is 73.1 Å². The highest BCUT2D eigenvalue weighted by Crippen LogP contribution is 2.36. The van der Waals surface area contributed by atoms with Crippen LogP contribution in [0, 0.1) is 0 Å². The summed E-state index contributed by atoms with van der Waals surface area (Å²) in [6, 6.07) is 64.6. The van der Waals surface area contributed by atoms with Crippen LogP contribution in [0.2, 0.25) is 0 Å².